The van der Waals surface area contributed by atoms with E-state index in [-0.39, 0.29) is 5.41 Å². The van der Waals surface area contributed by atoms with Gasteiger partial charge in [0.05, 0.1) is 5.69 Å². The fourth-order valence-electron chi connectivity index (χ4n) is 8.72. The monoisotopic (exact) mass is 629 g/mol. The summed E-state index contributed by atoms with van der Waals surface area (Å²) in [6.45, 7) is 0. The lowest BCUT2D eigenvalue weighted by Gasteiger charge is -2.27. The van der Waals surface area contributed by atoms with Crippen LogP contribution in [0.4, 0.5) is 17.1 Å². The predicted molar refractivity (Wildman–Crippen MR) is 204 cm³/mol. The molecule has 0 N–H and O–H groups in total. The molecule has 2 nitrogen and oxygen atoms in total. The largest absolute Gasteiger partial charge is 0.454 e. The molecule has 0 bridgehead atoms. The van der Waals surface area contributed by atoms with Gasteiger partial charge in [-0.05, 0) is 99.8 Å². The van der Waals surface area contributed by atoms with E-state index in [1.54, 1.807) is 0 Å². The summed E-state index contributed by atoms with van der Waals surface area (Å²) in [5.74, 6) is 0. The Morgan fingerprint density at radius 1 is 0.449 bits per heavy atom. The van der Waals surface area contributed by atoms with Gasteiger partial charge in [-0.2, -0.15) is 0 Å². The van der Waals surface area contributed by atoms with Crippen LogP contribution in [0, 0.1) is 0 Å². The summed E-state index contributed by atoms with van der Waals surface area (Å²) in [6, 6.07) is 59.6. The van der Waals surface area contributed by atoms with E-state index in [4.69, 9.17) is 4.42 Å². The molecule has 49 heavy (non-hydrogen) atoms. The third-order valence-corrected chi connectivity index (χ3v) is 11.0. The van der Waals surface area contributed by atoms with Crippen LogP contribution >= 0.6 is 0 Å². The van der Waals surface area contributed by atoms with Crippen LogP contribution in [0.2, 0.25) is 0 Å². The summed E-state index contributed by atoms with van der Waals surface area (Å²) >= 11 is 0. The zero-order valence-corrected chi connectivity index (χ0v) is 27.3. The van der Waals surface area contributed by atoms with Gasteiger partial charge in [0, 0.05) is 27.6 Å². The number of anilines is 3. The van der Waals surface area contributed by atoms with Crippen LogP contribution in [0.1, 0.15) is 36.8 Å². The highest BCUT2D eigenvalue weighted by atomic mass is 16.3. The van der Waals surface area contributed by atoms with Crippen LogP contribution in [0.5, 0.6) is 0 Å². The van der Waals surface area contributed by atoms with Crippen LogP contribution in [-0.4, -0.2) is 0 Å². The summed E-state index contributed by atoms with van der Waals surface area (Å²) in [4.78, 5) is 2.33. The van der Waals surface area contributed by atoms with Gasteiger partial charge in [-0.3, -0.25) is 0 Å². The zero-order valence-electron chi connectivity index (χ0n) is 27.3. The van der Waals surface area contributed by atoms with Gasteiger partial charge in [-0.15, -0.1) is 0 Å². The topological polar surface area (TPSA) is 16.4 Å². The highest BCUT2D eigenvalue weighted by molar-refractivity contribution is 6.10. The fourth-order valence-corrected chi connectivity index (χ4v) is 8.72. The Bertz CT molecular complexity index is 2480. The molecule has 0 atom stereocenters. The van der Waals surface area contributed by atoms with E-state index < -0.39 is 0 Å². The molecular formula is C47H35NO. The Morgan fingerprint density at radius 3 is 1.82 bits per heavy atom. The SMILES string of the molecule is c1ccc(-c2ccc(N(c3ccc(-c4ccc5c(c4)C4(CCCC4)c4ccccc4-5)cc3)c3cccc4c3oc3ccccc34)cc2)cc1. The molecule has 2 aliphatic carbocycles. The number of hydrogen-bond donors (Lipinski definition) is 0. The number of fused-ring (bicyclic) bond motifs is 8. The second-order valence-electron chi connectivity index (χ2n) is 13.6. The molecule has 1 spiro atoms. The van der Waals surface area contributed by atoms with Gasteiger partial charge in [0.15, 0.2) is 5.58 Å². The molecule has 1 heterocycles. The van der Waals surface area contributed by atoms with Gasteiger partial charge >= 0.3 is 0 Å². The van der Waals surface area contributed by atoms with E-state index in [9.17, 15) is 0 Å². The molecule has 10 rings (SSSR count). The first-order valence-electron chi connectivity index (χ1n) is 17.5. The van der Waals surface area contributed by atoms with Crippen molar-refractivity contribution in [2.45, 2.75) is 31.1 Å². The van der Waals surface area contributed by atoms with Crippen LogP contribution in [0.15, 0.2) is 168 Å². The number of para-hydroxylation sites is 2. The lowest BCUT2D eigenvalue weighted by atomic mass is 9.76. The minimum Gasteiger partial charge on any atom is -0.454 e. The average Bonchev–Trinajstić information content (AvgIpc) is 3.89. The van der Waals surface area contributed by atoms with Crippen molar-refractivity contribution >= 4 is 39.0 Å². The summed E-state index contributed by atoms with van der Waals surface area (Å²) in [5, 5.41) is 2.25. The molecule has 1 aromatic heterocycles. The maximum Gasteiger partial charge on any atom is 0.159 e. The summed E-state index contributed by atoms with van der Waals surface area (Å²) in [7, 11) is 0. The lowest BCUT2D eigenvalue weighted by Crippen LogP contribution is -2.20. The van der Waals surface area contributed by atoms with E-state index >= 15 is 0 Å². The van der Waals surface area contributed by atoms with Crippen LogP contribution in [0.3, 0.4) is 0 Å². The zero-order chi connectivity index (χ0) is 32.4. The predicted octanol–water partition coefficient (Wildman–Crippen LogP) is 13.2. The Balaban J connectivity index is 1.08. The van der Waals surface area contributed by atoms with Crippen LogP contribution < -0.4 is 4.90 Å². The Kier molecular flexibility index (Phi) is 6.39. The first kappa shape index (κ1) is 28.2. The molecule has 0 radical (unpaired) electrons. The highest BCUT2D eigenvalue weighted by Crippen LogP contribution is 2.57. The standard InChI is InChI=1S/C47H35NO/c1-2-11-32(12-3-1)33-19-24-36(25-20-33)48(44-17-10-15-41-40-14-5-7-18-45(40)49-46(41)44)37-26-21-34(22-27-37)35-23-28-39-38-13-4-6-16-42(38)47(43(39)31-35)29-8-9-30-47/h1-7,10-28,31H,8-9,29-30H2. The number of nitrogens with zero attached hydrogens (tertiary/aromatic N) is 1. The minimum absolute atomic E-state index is 0.163. The van der Waals surface area contributed by atoms with Gasteiger partial charge in [-0.25, -0.2) is 0 Å². The number of benzene rings is 7. The second-order valence-corrected chi connectivity index (χ2v) is 13.6. The van der Waals surface area contributed by atoms with Crippen LogP contribution in [-0.2, 0) is 5.41 Å². The van der Waals surface area contributed by atoms with Crippen molar-refractivity contribution in [1.29, 1.82) is 0 Å². The molecule has 7 aromatic carbocycles. The smallest absolute Gasteiger partial charge is 0.159 e. The van der Waals surface area contributed by atoms with Crippen LogP contribution in [0.25, 0.3) is 55.3 Å². The van der Waals surface area contributed by atoms with Gasteiger partial charge < -0.3 is 9.32 Å². The van der Waals surface area contributed by atoms with Crippen molar-refractivity contribution < 1.29 is 4.42 Å². The van der Waals surface area contributed by atoms with Crippen molar-refractivity contribution in [1.82, 2.24) is 0 Å². The minimum atomic E-state index is 0.163. The maximum absolute atomic E-state index is 6.57. The molecule has 0 amide bonds. The maximum atomic E-state index is 6.57. The Labute approximate surface area is 286 Å². The van der Waals surface area contributed by atoms with E-state index in [0.29, 0.717) is 0 Å². The first-order valence-corrected chi connectivity index (χ1v) is 17.5. The second kappa shape index (κ2) is 11.1. The summed E-state index contributed by atoms with van der Waals surface area (Å²) in [5.41, 5.74) is 16.0. The van der Waals surface area contributed by atoms with Crippen molar-refractivity contribution in [2.75, 3.05) is 4.90 Å². The van der Waals surface area contributed by atoms with Crippen molar-refractivity contribution in [3.63, 3.8) is 0 Å². The van der Waals surface area contributed by atoms with E-state index in [0.717, 1.165) is 39.0 Å². The molecule has 1 saturated carbocycles. The summed E-state index contributed by atoms with van der Waals surface area (Å²) in [6.07, 6.45) is 5.08. The van der Waals surface area contributed by atoms with E-state index in [2.05, 4.69) is 163 Å². The van der Waals surface area contributed by atoms with Crippen molar-refractivity contribution in [3.8, 4) is 33.4 Å². The number of furan rings is 1. The summed E-state index contributed by atoms with van der Waals surface area (Å²) < 4.78 is 6.57. The number of rotatable bonds is 5. The molecular weight excluding hydrogens is 595 g/mol. The van der Waals surface area contributed by atoms with Crippen molar-refractivity contribution in [2.24, 2.45) is 0 Å². The Hall–Kier alpha value is -5.86. The number of hydrogen-bond acceptors (Lipinski definition) is 2. The third-order valence-electron chi connectivity index (χ3n) is 11.0. The fraction of sp³-hybridized carbons (Fsp3) is 0.106. The lowest BCUT2D eigenvalue weighted by molar-refractivity contribution is 0.550. The highest BCUT2D eigenvalue weighted by Gasteiger charge is 2.44. The van der Waals surface area contributed by atoms with Gasteiger partial charge in [0.25, 0.3) is 0 Å². The van der Waals surface area contributed by atoms with Gasteiger partial charge in [0.2, 0.25) is 0 Å². The molecule has 2 aliphatic rings. The molecule has 0 unspecified atom stereocenters. The molecule has 0 saturated heterocycles. The molecule has 2 heteroatoms. The quantitative estimate of drug-likeness (QED) is 0.188. The average molecular weight is 630 g/mol. The Morgan fingerprint density at radius 2 is 1.04 bits per heavy atom. The third kappa shape index (κ3) is 4.41. The van der Waals surface area contributed by atoms with Gasteiger partial charge in [-0.1, -0.05) is 134 Å². The van der Waals surface area contributed by atoms with Gasteiger partial charge in [0.1, 0.15) is 5.58 Å². The molecule has 8 aromatic rings. The molecule has 1 fully saturated rings. The molecule has 234 valence electrons. The van der Waals surface area contributed by atoms with E-state index in [1.807, 2.05) is 6.07 Å². The van der Waals surface area contributed by atoms with E-state index in [1.165, 1.54) is 70.2 Å². The van der Waals surface area contributed by atoms with Crippen molar-refractivity contribution in [3.05, 3.63) is 175 Å². The molecule has 0 aliphatic heterocycles. The normalized spacial score (nSPS) is 14.4. The first-order chi connectivity index (χ1) is 24.3.